The van der Waals surface area contributed by atoms with Crippen LogP contribution in [-0.2, 0) is 10.2 Å². The fraction of sp³-hybridized carbons (Fsp3) is 0.294. The topological polar surface area (TPSA) is 120 Å². The van der Waals surface area contributed by atoms with Gasteiger partial charge in [-0.3, -0.25) is 9.79 Å². The maximum atomic E-state index is 13.3. The van der Waals surface area contributed by atoms with Gasteiger partial charge >= 0.3 is 0 Å². The first-order chi connectivity index (χ1) is 13.2. The van der Waals surface area contributed by atoms with Crippen LogP contribution in [0.1, 0.15) is 30.1 Å². The Bertz CT molecular complexity index is 969. The van der Waals surface area contributed by atoms with Gasteiger partial charge in [-0.15, -0.1) is 0 Å². The number of hydrogen-bond donors (Lipinski definition) is 2. The second-order valence-corrected chi connectivity index (χ2v) is 6.64. The number of amides is 1. The molecule has 28 heavy (non-hydrogen) atoms. The lowest BCUT2D eigenvalue weighted by molar-refractivity contribution is -0.116. The van der Waals surface area contributed by atoms with Crippen molar-refractivity contribution in [1.82, 2.24) is 10.1 Å². The molecular formula is C17H15ClF3N5O2. The van der Waals surface area contributed by atoms with Crippen LogP contribution in [-0.4, -0.2) is 34.7 Å². The van der Waals surface area contributed by atoms with E-state index >= 15 is 0 Å². The van der Waals surface area contributed by atoms with E-state index in [-0.39, 0.29) is 22.4 Å². The second kappa shape index (κ2) is 7.63. The predicted octanol–water partition coefficient (Wildman–Crippen LogP) is 2.43. The lowest BCUT2D eigenvalue weighted by Crippen LogP contribution is -2.18. The van der Waals surface area contributed by atoms with Crippen molar-refractivity contribution in [3.8, 4) is 0 Å². The summed E-state index contributed by atoms with van der Waals surface area (Å²) in [4.78, 5) is 18.3. The number of carbonyl (C=O) groups is 1. The number of hydrogen-bond acceptors (Lipinski definition) is 6. The summed E-state index contributed by atoms with van der Waals surface area (Å²) in [7, 11) is 0. The molecule has 0 unspecified atom stereocenters. The first-order valence-electron chi connectivity index (χ1n) is 8.11. The molecule has 0 saturated heterocycles. The Hall–Kier alpha value is -2.88. The van der Waals surface area contributed by atoms with Gasteiger partial charge in [0.05, 0.1) is 11.1 Å². The maximum Gasteiger partial charge on any atom is 0.280 e. The first-order valence-corrected chi connectivity index (χ1v) is 8.49. The molecule has 0 spiro atoms. The van der Waals surface area contributed by atoms with E-state index in [9.17, 15) is 18.0 Å². The third kappa shape index (κ3) is 4.01. The summed E-state index contributed by atoms with van der Waals surface area (Å²) >= 11 is 6.14. The standard InChI is InChI=1S/C17H15ClF3N5O2/c18-10-5-8(19)1-2-9(10)17(3-4-17)16-25-15(28-26-16)11(22)6-12(14(20)21)24-7-13(23)27/h1-2,5-6,14H,3-4,7,22H2,(H2,23,27)/b11-6-,24-12?. The molecule has 0 atom stereocenters. The molecule has 3 rings (SSSR count). The Morgan fingerprint density at radius 3 is 2.68 bits per heavy atom. The molecule has 1 amide bonds. The number of aliphatic imine (C=N–C) groups is 1. The highest BCUT2D eigenvalue weighted by Gasteiger charge is 2.51. The Labute approximate surface area is 162 Å². The van der Waals surface area contributed by atoms with Gasteiger partial charge < -0.3 is 16.0 Å². The first kappa shape index (κ1) is 19.9. The molecule has 1 aliphatic rings. The van der Waals surface area contributed by atoms with Crippen LogP contribution < -0.4 is 11.5 Å². The Kier molecular flexibility index (Phi) is 5.41. The van der Waals surface area contributed by atoms with E-state index in [1.165, 1.54) is 12.1 Å². The number of nitrogens with zero attached hydrogens (tertiary/aromatic N) is 3. The summed E-state index contributed by atoms with van der Waals surface area (Å²) < 4.78 is 44.5. The van der Waals surface area contributed by atoms with E-state index in [0.29, 0.717) is 18.4 Å². The number of aromatic nitrogens is 2. The number of allylic oxidation sites excluding steroid dienone is 1. The minimum atomic E-state index is -2.98. The van der Waals surface area contributed by atoms with Crippen LogP contribution >= 0.6 is 11.6 Å². The van der Waals surface area contributed by atoms with Gasteiger partial charge in [0.15, 0.2) is 5.82 Å². The number of carbonyl (C=O) groups excluding carboxylic acids is 1. The molecule has 0 bridgehead atoms. The van der Waals surface area contributed by atoms with E-state index in [2.05, 4.69) is 15.1 Å². The average molecular weight is 414 g/mol. The van der Waals surface area contributed by atoms with E-state index < -0.39 is 35.8 Å². The molecule has 1 aliphatic carbocycles. The molecule has 1 aromatic carbocycles. The number of primary amides is 1. The third-order valence-corrected chi connectivity index (χ3v) is 4.55. The van der Waals surface area contributed by atoms with Gasteiger partial charge in [0.1, 0.15) is 18.1 Å². The smallest absolute Gasteiger partial charge is 0.280 e. The number of alkyl halides is 2. The van der Waals surface area contributed by atoms with Crippen LogP contribution in [0.15, 0.2) is 33.8 Å². The fourth-order valence-corrected chi connectivity index (χ4v) is 3.07. The van der Waals surface area contributed by atoms with Gasteiger partial charge in [0.25, 0.3) is 12.3 Å². The molecule has 0 aliphatic heterocycles. The van der Waals surface area contributed by atoms with Crippen molar-refractivity contribution in [3.63, 3.8) is 0 Å². The Morgan fingerprint density at radius 1 is 1.39 bits per heavy atom. The molecule has 1 aromatic heterocycles. The molecule has 1 heterocycles. The van der Waals surface area contributed by atoms with E-state index in [4.69, 9.17) is 27.6 Å². The highest BCUT2D eigenvalue weighted by molar-refractivity contribution is 6.31. The summed E-state index contributed by atoms with van der Waals surface area (Å²) in [5.74, 6) is -1.26. The van der Waals surface area contributed by atoms with E-state index in [0.717, 1.165) is 6.08 Å². The van der Waals surface area contributed by atoms with Crippen molar-refractivity contribution in [2.45, 2.75) is 24.7 Å². The SMILES string of the molecule is NC(=O)CN=C(/C=C(\N)c1nc(C2(c3ccc(F)cc3Cl)CC2)no1)C(F)F. The van der Waals surface area contributed by atoms with E-state index in [1.807, 2.05) is 0 Å². The molecule has 2 aromatic rings. The molecule has 11 heteroatoms. The largest absolute Gasteiger partial charge is 0.394 e. The third-order valence-electron chi connectivity index (χ3n) is 4.24. The number of nitrogens with two attached hydrogens (primary N) is 2. The lowest BCUT2D eigenvalue weighted by atomic mass is 9.95. The lowest BCUT2D eigenvalue weighted by Gasteiger charge is -2.12. The molecule has 1 saturated carbocycles. The number of halogens is 4. The Morgan fingerprint density at radius 2 is 2.11 bits per heavy atom. The average Bonchev–Trinajstić information content (AvgIpc) is 3.25. The summed E-state index contributed by atoms with van der Waals surface area (Å²) in [6, 6.07) is 4.02. The predicted molar refractivity (Wildman–Crippen MR) is 95.4 cm³/mol. The van der Waals surface area contributed by atoms with Crippen LogP contribution in [0.2, 0.25) is 5.02 Å². The van der Waals surface area contributed by atoms with Crippen LogP contribution in [0.4, 0.5) is 13.2 Å². The molecule has 148 valence electrons. The van der Waals surface area contributed by atoms with Gasteiger partial charge in [-0.1, -0.05) is 22.8 Å². The minimum absolute atomic E-state index is 0.188. The number of rotatable bonds is 7. The highest BCUT2D eigenvalue weighted by Crippen LogP contribution is 2.54. The zero-order valence-corrected chi connectivity index (χ0v) is 15.1. The highest BCUT2D eigenvalue weighted by atomic mass is 35.5. The maximum absolute atomic E-state index is 13.3. The normalized spacial score (nSPS) is 16.5. The van der Waals surface area contributed by atoms with Gasteiger partial charge in [-0.2, -0.15) is 4.98 Å². The van der Waals surface area contributed by atoms with Gasteiger partial charge in [0, 0.05) is 5.02 Å². The van der Waals surface area contributed by atoms with Crippen LogP contribution in [0.5, 0.6) is 0 Å². The summed E-state index contributed by atoms with van der Waals surface area (Å²) in [6.45, 7) is -0.606. The van der Waals surface area contributed by atoms with Crippen LogP contribution in [0, 0.1) is 5.82 Å². The zero-order chi connectivity index (χ0) is 20.5. The second-order valence-electron chi connectivity index (χ2n) is 6.24. The van der Waals surface area contributed by atoms with Crippen molar-refractivity contribution < 1.29 is 22.5 Å². The van der Waals surface area contributed by atoms with Gasteiger partial charge in [-0.05, 0) is 36.6 Å². The quantitative estimate of drug-likeness (QED) is 0.675. The fourth-order valence-electron chi connectivity index (χ4n) is 2.72. The minimum Gasteiger partial charge on any atom is -0.394 e. The van der Waals surface area contributed by atoms with Gasteiger partial charge in [0.2, 0.25) is 5.91 Å². The summed E-state index contributed by atoms with van der Waals surface area (Å²) in [6.07, 6.45) is -0.824. The molecule has 4 N–H and O–H groups in total. The van der Waals surface area contributed by atoms with Crippen molar-refractivity contribution in [3.05, 3.63) is 52.4 Å². The molecular weight excluding hydrogens is 399 g/mol. The number of benzene rings is 1. The summed E-state index contributed by atoms with van der Waals surface area (Å²) in [5.41, 5.74) is 9.68. The molecule has 1 fully saturated rings. The van der Waals surface area contributed by atoms with Crippen molar-refractivity contribution in [2.75, 3.05) is 6.54 Å². The van der Waals surface area contributed by atoms with Gasteiger partial charge in [-0.25, -0.2) is 13.2 Å². The van der Waals surface area contributed by atoms with Crippen molar-refractivity contribution in [2.24, 2.45) is 16.5 Å². The monoisotopic (exact) mass is 413 g/mol. The zero-order valence-electron chi connectivity index (χ0n) is 14.3. The summed E-state index contributed by atoms with van der Waals surface area (Å²) in [5, 5.41) is 4.10. The molecule has 7 nitrogen and oxygen atoms in total. The van der Waals surface area contributed by atoms with Crippen LogP contribution in [0.3, 0.4) is 0 Å². The Balaban J connectivity index is 1.89. The van der Waals surface area contributed by atoms with Crippen molar-refractivity contribution in [1.29, 1.82) is 0 Å². The van der Waals surface area contributed by atoms with E-state index in [1.54, 1.807) is 6.07 Å². The van der Waals surface area contributed by atoms with Crippen molar-refractivity contribution >= 4 is 28.9 Å². The van der Waals surface area contributed by atoms with Crippen LogP contribution in [0.25, 0.3) is 5.70 Å². The molecule has 0 radical (unpaired) electrons.